The summed E-state index contributed by atoms with van der Waals surface area (Å²) in [6, 6.07) is 10.3. The van der Waals surface area contributed by atoms with Gasteiger partial charge < -0.3 is 8.98 Å². The van der Waals surface area contributed by atoms with Crippen LogP contribution in [0.5, 0.6) is 0 Å². The van der Waals surface area contributed by atoms with Gasteiger partial charge in [-0.25, -0.2) is 4.98 Å². The highest BCUT2D eigenvalue weighted by molar-refractivity contribution is 5.77. The zero-order chi connectivity index (χ0) is 11.0. The van der Waals surface area contributed by atoms with E-state index in [2.05, 4.69) is 24.0 Å². The molecule has 0 spiro atoms. The van der Waals surface area contributed by atoms with Gasteiger partial charge in [0.25, 0.3) is 0 Å². The van der Waals surface area contributed by atoms with Gasteiger partial charge in [0.15, 0.2) is 0 Å². The molecule has 3 rings (SSSR count). The lowest BCUT2D eigenvalue weighted by molar-refractivity contribution is 0.470. The van der Waals surface area contributed by atoms with Gasteiger partial charge in [0.1, 0.15) is 11.3 Å². The molecule has 0 N–H and O–H groups in total. The van der Waals surface area contributed by atoms with Crippen LogP contribution in [0.15, 0.2) is 53.5 Å². The predicted octanol–water partition coefficient (Wildman–Crippen LogP) is 3.24. The standard InChI is InChI=1S/C13H12N2O/c1-10(15-7-6-14-9-15)13-8-11-4-2-3-5-12(11)16-13/h2-10H,1H3/t10-/m0/s1. The Bertz CT molecular complexity index is 562. The fraction of sp³-hybridized carbons (Fsp3) is 0.154. The molecule has 1 atom stereocenters. The molecule has 2 heterocycles. The minimum atomic E-state index is 0.176. The van der Waals surface area contributed by atoms with E-state index >= 15 is 0 Å². The minimum absolute atomic E-state index is 0.176. The summed E-state index contributed by atoms with van der Waals surface area (Å²) >= 11 is 0. The van der Waals surface area contributed by atoms with Crippen LogP contribution in [0.2, 0.25) is 0 Å². The number of benzene rings is 1. The van der Waals surface area contributed by atoms with Gasteiger partial charge in [0.2, 0.25) is 0 Å². The molecule has 0 fully saturated rings. The molecule has 0 amide bonds. The van der Waals surface area contributed by atoms with Crippen LogP contribution in [0.3, 0.4) is 0 Å². The number of nitrogens with zero attached hydrogens (tertiary/aromatic N) is 2. The number of hydrogen-bond acceptors (Lipinski definition) is 2. The van der Waals surface area contributed by atoms with E-state index in [0.717, 1.165) is 16.7 Å². The molecule has 16 heavy (non-hydrogen) atoms. The average Bonchev–Trinajstić information content (AvgIpc) is 2.97. The summed E-state index contributed by atoms with van der Waals surface area (Å²) in [4.78, 5) is 4.04. The molecular weight excluding hydrogens is 200 g/mol. The second-order valence-electron chi connectivity index (χ2n) is 3.87. The summed E-state index contributed by atoms with van der Waals surface area (Å²) in [5, 5.41) is 1.14. The molecule has 0 saturated carbocycles. The van der Waals surface area contributed by atoms with Crippen LogP contribution in [0.25, 0.3) is 11.0 Å². The van der Waals surface area contributed by atoms with E-state index in [-0.39, 0.29) is 6.04 Å². The third kappa shape index (κ3) is 1.41. The number of para-hydroxylation sites is 1. The molecule has 3 aromatic rings. The Kier molecular flexibility index (Phi) is 2.03. The fourth-order valence-corrected chi connectivity index (χ4v) is 1.85. The minimum Gasteiger partial charge on any atom is -0.459 e. The third-order valence-corrected chi connectivity index (χ3v) is 2.83. The van der Waals surface area contributed by atoms with E-state index in [1.165, 1.54) is 0 Å². The van der Waals surface area contributed by atoms with Crippen molar-refractivity contribution in [1.82, 2.24) is 9.55 Å². The molecule has 0 unspecified atom stereocenters. The number of hydrogen-bond donors (Lipinski definition) is 0. The Morgan fingerprint density at radius 1 is 1.31 bits per heavy atom. The van der Waals surface area contributed by atoms with Crippen LogP contribution in [-0.2, 0) is 0 Å². The molecule has 0 radical (unpaired) electrons. The van der Waals surface area contributed by atoms with Crippen LogP contribution in [0, 0.1) is 0 Å². The monoisotopic (exact) mass is 212 g/mol. The van der Waals surface area contributed by atoms with E-state index in [4.69, 9.17) is 4.42 Å². The summed E-state index contributed by atoms with van der Waals surface area (Å²) in [5.74, 6) is 0.958. The molecular formula is C13H12N2O. The van der Waals surface area contributed by atoms with Crippen molar-refractivity contribution >= 4 is 11.0 Å². The summed E-state index contributed by atoms with van der Waals surface area (Å²) in [6.45, 7) is 2.10. The van der Waals surface area contributed by atoms with Crippen LogP contribution in [-0.4, -0.2) is 9.55 Å². The van der Waals surface area contributed by atoms with E-state index < -0.39 is 0 Å². The second-order valence-corrected chi connectivity index (χ2v) is 3.87. The Hall–Kier alpha value is -2.03. The summed E-state index contributed by atoms with van der Waals surface area (Å²) < 4.78 is 7.83. The highest BCUT2D eigenvalue weighted by Gasteiger charge is 2.12. The molecule has 0 bridgehead atoms. The zero-order valence-corrected chi connectivity index (χ0v) is 9.00. The first-order chi connectivity index (χ1) is 7.84. The fourth-order valence-electron chi connectivity index (χ4n) is 1.85. The van der Waals surface area contributed by atoms with Gasteiger partial charge >= 0.3 is 0 Å². The van der Waals surface area contributed by atoms with Crippen molar-refractivity contribution in [3.63, 3.8) is 0 Å². The average molecular weight is 212 g/mol. The van der Waals surface area contributed by atoms with Crippen molar-refractivity contribution in [2.24, 2.45) is 0 Å². The maximum Gasteiger partial charge on any atom is 0.134 e. The molecule has 0 saturated heterocycles. The maximum atomic E-state index is 5.80. The highest BCUT2D eigenvalue weighted by atomic mass is 16.3. The molecule has 3 nitrogen and oxygen atoms in total. The summed E-state index contributed by atoms with van der Waals surface area (Å²) in [5.41, 5.74) is 0.935. The molecule has 0 aliphatic heterocycles. The van der Waals surface area contributed by atoms with Crippen LogP contribution in [0.1, 0.15) is 18.7 Å². The molecule has 0 aliphatic rings. The molecule has 3 heteroatoms. The maximum absolute atomic E-state index is 5.80. The van der Waals surface area contributed by atoms with Crippen molar-refractivity contribution in [1.29, 1.82) is 0 Å². The van der Waals surface area contributed by atoms with Gasteiger partial charge in [0.05, 0.1) is 12.4 Å². The van der Waals surface area contributed by atoms with Gasteiger partial charge in [-0.2, -0.15) is 0 Å². The number of rotatable bonds is 2. The van der Waals surface area contributed by atoms with Crippen molar-refractivity contribution < 1.29 is 4.42 Å². The summed E-state index contributed by atoms with van der Waals surface area (Å²) in [7, 11) is 0. The molecule has 80 valence electrons. The first kappa shape index (κ1) is 9.21. The van der Waals surface area contributed by atoms with E-state index in [0.29, 0.717) is 0 Å². The van der Waals surface area contributed by atoms with E-state index in [9.17, 15) is 0 Å². The number of furan rings is 1. The van der Waals surface area contributed by atoms with Gasteiger partial charge in [-0.1, -0.05) is 18.2 Å². The van der Waals surface area contributed by atoms with E-state index in [1.54, 1.807) is 12.5 Å². The van der Waals surface area contributed by atoms with Crippen LogP contribution < -0.4 is 0 Å². The Morgan fingerprint density at radius 2 is 2.19 bits per heavy atom. The quantitative estimate of drug-likeness (QED) is 0.653. The lowest BCUT2D eigenvalue weighted by atomic mass is 10.2. The Balaban J connectivity index is 2.06. The summed E-state index contributed by atoms with van der Waals surface area (Å²) in [6.07, 6.45) is 5.52. The van der Waals surface area contributed by atoms with Crippen molar-refractivity contribution in [2.45, 2.75) is 13.0 Å². The van der Waals surface area contributed by atoms with Crippen LogP contribution >= 0.6 is 0 Å². The smallest absolute Gasteiger partial charge is 0.134 e. The highest BCUT2D eigenvalue weighted by Crippen LogP contribution is 2.25. The second kappa shape index (κ2) is 3.52. The molecule has 1 aromatic carbocycles. The van der Waals surface area contributed by atoms with Gasteiger partial charge in [-0.15, -0.1) is 0 Å². The van der Waals surface area contributed by atoms with Crippen molar-refractivity contribution in [2.75, 3.05) is 0 Å². The first-order valence-electron chi connectivity index (χ1n) is 5.30. The third-order valence-electron chi connectivity index (χ3n) is 2.83. The lowest BCUT2D eigenvalue weighted by Crippen LogP contribution is -2.02. The number of fused-ring (bicyclic) bond motifs is 1. The van der Waals surface area contributed by atoms with Crippen molar-refractivity contribution in [3.05, 3.63) is 54.8 Å². The van der Waals surface area contributed by atoms with Crippen molar-refractivity contribution in [3.8, 4) is 0 Å². The predicted molar refractivity (Wildman–Crippen MR) is 62.3 cm³/mol. The molecule has 0 aliphatic carbocycles. The first-order valence-corrected chi connectivity index (χ1v) is 5.30. The zero-order valence-electron chi connectivity index (χ0n) is 9.00. The number of imidazole rings is 1. The SMILES string of the molecule is C[C@@H](c1cc2ccccc2o1)n1ccnc1. The number of aromatic nitrogens is 2. The van der Waals surface area contributed by atoms with Gasteiger partial charge in [-0.05, 0) is 19.1 Å². The largest absolute Gasteiger partial charge is 0.459 e. The Labute approximate surface area is 93.3 Å². The Morgan fingerprint density at radius 3 is 2.94 bits per heavy atom. The van der Waals surface area contributed by atoms with Gasteiger partial charge in [-0.3, -0.25) is 0 Å². The normalized spacial score (nSPS) is 13.1. The van der Waals surface area contributed by atoms with Crippen LogP contribution in [0.4, 0.5) is 0 Å². The van der Waals surface area contributed by atoms with Gasteiger partial charge in [0, 0.05) is 17.8 Å². The lowest BCUT2D eigenvalue weighted by Gasteiger charge is -2.08. The van der Waals surface area contributed by atoms with E-state index in [1.807, 2.05) is 29.0 Å². The topological polar surface area (TPSA) is 31.0 Å². The molecule has 2 aromatic heterocycles.